The fourth-order valence-corrected chi connectivity index (χ4v) is 2.65. The predicted molar refractivity (Wildman–Crippen MR) is 96.7 cm³/mol. The van der Waals surface area contributed by atoms with Gasteiger partial charge >= 0.3 is 0 Å². The Kier molecular flexibility index (Phi) is 4.75. The number of hydrogen-bond donors (Lipinski definition) is 1. The van der Waals surface area contributed by atoms with Gasteiger partial charge in [0.25, 0.3) is 5.91 Å². The Hall–Kier alpha value is -3.21. The highest BCUT2D eigenvalue weighted by molar-refractivity contribution is 5.95. The van der Waals surface area contributed by atoms with E-state index in [2.05, 4.69) is 27.2 Å². The molecule has 0 atom stereocenters. The molecule has 0 spiro atoms. The van der Waals surface area contributed by atoms with Gasteiger partial charge in [0.2, 0.25) is 0 Å². The van der Waals surface area contributed by atoms with E-state index in [0.29, 0.717) is 11.1 Å². The number of nitrogens with zero attached hydrogens (tertiary/aromatic N) is 2. The van der Waals surface area contributed by atoms with Gasteiger partial charge in [-0.3, -0.25) is 4.79 Å². The number of hydrazone groups is 1. The third-order valence-electron chi connectivity index (χ3n) is 3.89. The standard InChI is InChI=1S/C20H18FN3O/c1-14-6-7-15(2)24(14)19-10-8-17(9-11-19)20(25)23-22-13-16-4-3-5-18(21)12-16/h3-13H,1-2H3,(H,23,25)/b22-13+. The summed E-state index contributed by atoms with van der Waals surface area (Å²) in [5, 5.41) is 3.86. The quantitative estimate of drug-likeness (QED) is 0.568. The Bertz CT molecular complexity index is 907. The van der Waals surface area contributed by atoms with E-state index in [1.165, 1.54) is 18.3 Å². The lowest BCUT2D eigenvalue weighted by molar-refractivity contribution is 0.0955. The summed E-state index contributed by atoms with van der Waals surface area (Å²) < 4.78 is 15.2. The summed E-state index contributed by atoms with van der Waals surface area (Å²) in [6.45, 7) is 4.07. The highest BCUT2D eigenvalue weighted by atomic mass is 19.1. The fourth-order valence-electron chi connectivity index (χ4n) is 2.65. The number of carbonyl (C=O) groups excluding carboxylic acids is 1. The van der Waals surface area contributed by atoms with E-state index in [0.717, 1.165) is 17.1 Å². The molecule has 1 heterocycles. The second kappa shape index (κ2) is 7.13. The van der Waals surface area contributed by atoms with Crippen LogP contribution in [-0.4, -0.2) is 16.7 Å². The summed E-state index contributed by atoms with van der Waals surface area (Å²) in [5.74, 6) is -0.665. The van der Waals surface area contributed by atoms with Crippen molar-refractivity contribution < 1.29 is 9.18 Å². The molecule has 3 aromatic rings. The summed E-state index contributed by atoms with van der Waals surface area (Å²) >= 11 is 0. The Morgan fingerprint density at radius 2 is 1.72 bits per heavy atom. The first kappa shape index (κ1) is 16.6. The maximum absolute atomic E-state index is 13.1. The Balaban J connectivity index is 1.69. The second-order valence-electron chi connectivity index (χ2n) is 5.75. The molecular formula is C20H18FN3O. The lowest BCUT2D eigenvalue weighted by Crippen LogP contribution is -2.17. The molecule has 5 heteroatoms. The van der Waals surface area contributed by atoms with E-state index < -0.39 is 0 Å². The van der Waals surface area contributed by atoms with Crippen molar-refractivity contribution in [1.82, 2.24) is 9.99 Å². The van der Waals surface area contributed by atoms with Crippen LogP contribution in [0, 0.1) is 19.7 Å². The number of amides is 1. The average molecular weight is 335 g/mol. The van der Waals surface area contributed by atoms with E-state index in [9.17, 15) is 9.18 Å². The van der Waals surface area contributed by atoms with Crippen molar-refractivity contribution in [2.24, 2.45) is 5.10 Å². The van der Waals surface area contributed by atoms with Crippen LogP contribution in [0.3, 0.4) is 0 Å². The SMILES string of the molecule is Cc1ccc(C)n1-c1ccc(C(=O)N/N=C/c2cccc(F)c2)cc1. The van der Waals surface area contributed by atoms with Gasteiger partial charge in [0.15, 0.2) is 0 Å². The van der Waals surface area contributed by atoms with E-state index >= 15 is 0 Å². The van der Waals surface area contributed by atoms with E-state index in [4.69, 9.17) is 0 Å². The van der Waals surface area contributed by atoms with E-state index in [1.54, 1.807) is 24.3 Å². The van der Waals surface area contributed by atoms with Crippen molar-refractivity contribution in [3.8, 4) is 5.69 Å². The maximum atomic E-state index is 13.1. The molecule has 0 aliphatic rings. The van der Waals surface area contributed by atoms with Gasteiger partial charge in [-0.05, 0) is 67.9 Å². The zero-order chi connectivity index (χ0) is 17.8. The molecular weight excluding hydrogens is 317 g/mol. The van der Waals surface area contributed by atoms with Gasteiger partial charge < -0.3 is 4.57 Å². The number of aryl methyl sites for hydroxylation is 2. The highest BCUT2D eigenvalue weighted by Gasteiger charge is 2.07. The Morgan fingerprint density at radius 1 is 1.04 bits per heavy atom. The predicted octanol–water partition coefficient (Wildman–Crippen LogP) is 4.00. The number of rotatable bonds is 4. The molecule has 0 saturated carbocycles. The van der Waals surface area contributed by atoms with Crippen LogP contribution in [0.25, 0.3) is 5.69 Å². The molecule has 3 rings (SSSR count). The molecule has 4 nitrogen and oxygen atoms in total. The van der Waals surface area contributed by atoms with Gasteiger partial charge in [-0.2, -0.15) is 5.10 Å². The molecule has 0 unspecified atom stereocenters. The maximum Gasteiger partial charge on any atom is 0.271 e. The Labute approximate surface area is 145 Å². The molecule has 0 bridgehead atoms. The van der Waals surface area contributed by atoms with Crippen molar-refractivity contribution in [1.29, 1.82) is 0 Å². The summed E-state index contributed by atoms with van der Waals surface area (Å²) in [5.41, 5.74) is 6.79. The molecule has 1 aromatic heterocycles. The first-order valence-electron chi connectivity index (χ1n) is 7.89. The third-order valence-corrected chi connectivity index (χ3v) is 3.89. The molecule has 1 amide bonds. The van der Waals surface area contributed by atoms with Crippen molar-refractivity contribution >= 4 is 12.1 Å². The largest absolute Gasteiger partial charge is 0.319 e. The van der Waals surface area contributed by atoms with Gasteiger partial charge in [-0.25, -0.2) is 9.82 Å². The van der Waals surface area contributed by atoms with Crippen molar-refractivity contribution in [3.63, 3.8) is 0 Å². The summed E-state index contributed by atoms with van der Waals surface area (Å²) in [4.78, 5) is 12.1. The number of benzene rings is 2. The third kappa shape index (κ3) is 3.83. The monoisotopic (exact) mass is 335 g/mol. The van der Waals surface area contributed by atoms with Crippen LogP contribution in [0.5, 0.6) is 0 Å². The van der Waals surface area contributed by atoms with Crippen LogP contribution >= 0.6 is 0 Å². The summed E-state index contributed by atoms with van der Waals surface area (Å²) in [6.07, 6.45) is 1.40. The summed E-state index contributed by atoms with van der Waals surface area (Å²) in [7, 11) is 0. The minimum absolute atomic E-state index is 0.319. The average Bonchev–Trinajstić information content (AvgIpc) is 2.94. The first-order chi connectivity index (χ1) is 12.0. The van der Waals surface area contributed by atoms with Crippen LogP contribution in [0.4, 0.5) is 4.39 Å². The van der Waals surface area contributed by atoms with Gasteiger partial charge in [-0.15, -0.1) is 0 Å². The molecule has 126 valence electrons. The second-order valence-corrected chi connectivity index (χ2v) is 5.75. The highest BCUT2D eigenvalue weighted by Crippen LogP contribution is 2.16. The minimum atomic E-state index is -0.346. The van der Waals surface area contributed by atoms with Crippen molar-refractivity contribution in [3.05, 3.63) is 89.0 Å². The van der Waals surface area contributed by atoms with Crippen LogP contribution in [0.1, 0.15) is 27.3 Å². The number of aromatic nitrogens is 1. The number of nitrogens with one attached hydrogen (secondary N) is 1. The molecule has 1 N–H and O–H groups in total. The van der Waals surface area contributed by atoms with Crippen molar-refractivity contribution in [2.75, 3.05) is 0 Å². The number of halogens is 1. The molecule has 25 heavy (non-hydrogen) atoms. The fraction of sp³-hybridized carbons (Fsp3) is 0.100. The lowest BCUT2D eigenvalue weighted by atomic mass is 10.2. The topological polar surface area (TPSA) is 46.4 Å². The first-order valence-corrected chi connectivity index (χ1v) is 7.89. The molecule has 0 saturated heterocycles. The van der Waals surface area contributed by atoms with Crippen molar-refractivity contribution in [2.45, 2.75) is 13.8 Å². The molecule has 0 aliphatic carbocycles. The number of hydrogen-bond acceptors (Lipinski definition) is 2. The van der Waals surface area contributed by atoms with Crippen LogP contribution < -0.4 is 5.43 Å². The van der Waals surface area contributed by atoms with Gasteiger partial charge in [0.05, 0.1) is 6.21 Å². The van der Waals surface area contributed by atoms with E-state index in [1.807, 2.05) is 26.0 Å². The summed E-state index contributed by atoms with van der Waals surface area (Å²) in [6, 6.07) is 17.4. The smallest absolute Gasteiger partial charge is 0.271 e. The normalized spacial score (nSPS) is 11.0. The lowest BCUT2D eigenvalue weighted by Gasteiger charge is -2.10. The minimum Gasteiger partial charge on any atom is -0.319 e. The zero-order valence-corrected chi connectivity index (χ0v) is 14.0. The van der Waals surface area contributed by atoms with Gasteiger partial charge in [0, 0.05) is 22.6 Å². The number of carbonyl (C=O) groups is 1. The molecule has 0 aliphatic heterocycles. The van der Waals surface area contributed by atoms with Crippen LogP contribution in [0.2, 0.25) is 0 Å². The van der Waals surface area contributed by atoms with Gasteiger partial charge in [0.1, 0.15) is 5.82 Å². The van der Waals surface area contributed by atoms with Crippen LogP contribution in [0.15, 0.2) is 65.8 Å². The van der Waals surface area contributed by atoms with E-state index in [-0.39, 0.29) is 11.7 Å². The molecule has 2 aromatic carbocycles. The van der Waals surface area contributed by atoms with Gasteiger partial charge in [-0.1, -0.05) is 12.1 Å². The zero-order valence-electron chi connectivity index (χ0n) is 14.0. The Morgan fingerprint density at radius 3 is 2.36 bits per heavy atom. The molecule has 0 radical (unpaired) electrons. The molecule has 0 fully saturated rings. The van der Waals surface area contributed by atoms with Crippen LogP contribution in [-0.2, 0) is 0 Å².